The van der Waals surface area contributed by atoms with Gasteiger partial charge in [0.05, 0.1) is 17.7 Å². The van der Waals surface area contributed by atoms with Crippen LogP contribution in [0.15, 0.2) is 12.8 Å². The zero-order chi connectivity index (χ0) is 13.3. The van der Waals surface area contributed by atoms with Crippen molar-refractivity contribution in [3.63, 3.8) is 0 Å². The van der Waals surface area contributed by atoms with Gasteiger partial charge in [-0.15, -0.1) is 0 Å². The highest BCUT2D eigenvalue weighted by Crippen LogP contribution is 2.19. The average Bonchev–Trinajstić information content (AvgIpc) is 2.83. The molecule has 0 amide bonds. The van der Waals surface area contributed by atoms with Crippen LogP contribution in [0.1, 0.15) is 17.7 Å². The van der Waals surface area contributed by atoms with E-state index < -0.39 is 9.84 Å². The second-order valence-corrected chi connectivity index (χ2v) is 7.08. The Morgan fingerprint density at radius 2 is 2.39 bits per heavy atom. The van der Waals surface area contributed by atoms with Gasteiger partial charge < -0.3 is 0 Å². The second kappa shape index (κ2) is 4.85. The monoisotopic (exact) mass is 269 g/mol. The van der Waals surface area contributed by atoms with Crippen molar-refractivity contribution in [3.8, 4) is 0 Å². The highest BCUT2D eigenvalue weighted by Gasteiger charge is 2.30. The molecule has 18 heavy (non-hydrogen) atoms. The zero-order valence-electron chi connectivity index (χ0n) is 10.8. The molecule has 2 rings (SSSR count). The fraction of sp³-hybridized carbons (Fsp3) is 0.583. The summed E-state index contributed by atoms with van der Waals surface area (Å²) in [6.45, 7) is 6.40. The van der Waals surface area contributed by atoms with Gasteiger partial charge >= 0.3 is 0 Å². The van der Waals surface area contributed by atoms with Crippen molar-refractivity contribution < 1.29 is 8.42 Å². The van der Waals surface area contributed by atoms with Gasteiger partial charge in [0.25, 0.3) is 0 Å². The molecule has 0 spiro atoms. The quantitative estimate of drug-likeness (QED) is 0.815. The van der Waals surface area contributed by atoms with Crippen molar-refractivity contribution in [2.75, 3.05) is 18.6 Å². The summed E-state index contributed by atoms with van der Waals surface area (Å²) in [6.07, 6.45) is 4.21. The van der Waals surface area contributed by atoms with Crippen molar-refractivity contribution in [3.05, 3.63) is 24.0 Å². The number of hydrogen-bond acceptors (Lipinski definition) is 4. The minimum Gasteiger partial charge on any atom is -0.298 e. The van der Waals surface area contributed by atoms with Gasteiger partial charge in [-0.2, -0.15) is 5.10 Å². The van der Waals surface area contributed by atoms with E-state index >= 15 is 0 Å². The number of rotatable bonds is 4. The molecule has 1 aromatic rings. The maximum Gasteiger partial charge on any atom is 0.151 e. The molecule has 2 heterocycles. The molecule has 6 heteroatoms. The molecule has 0 bridgehead atoms. The smallest absolute Gasteiger partial charge is 0.151 e. The van der Waals surface area contributed by atoms with Crippen LogP contribution in [-0.2, 0) is 16.4 Å². The number of sulfone groups is 1. The van der Waals surface area contributed by atoms with Crippen LogP contribution in [0.2, 0.25) is 0 Å². The van der Waals surface area contributed by atoms with Gasteiger partial charge in [0.15, 0.2) is 9.84 Å². The Morgan fingerprint density at radius 1 is 1.67 bits per heavy atom. The lowest BCUT2D eigenvalue weighted by Crippen LogP contribution is -2.32. The van der Waals surface area contributed by atoms with Gasteiger partial charge in [0, 0.05) is 30.0 Å². The summed E-state index contributed by atoms with van der Waals surface area (Å²) in [6, 6.07) is 0.126. The van der Waals surface area contributed by atoms with Gasteiger partial charge in [-0.25, -0.2) is 13.1 Å². The molecule has 0 saturated carbocycles. The van der Waals surface area contributed by atoms with Gasteiger partial charge in [0.2, 0.25) is 0 Å². The molecule has 1 aliphatic heterocycles. The molecule has 0 aliphatic carbocycles. The molecular formula is C12H19N3O2S. The molecule has 100 valence electrons. The van der Waals surface area contributed by atoms with Crippen molar-refractivity contribution in [1.29, 1.82) is 0 Å². The molecule has 5 nitrogen and oxygen atoms in total. The number of hydrogen-bond donors (Lipinski definition) is 0. The fourth-order valence-electron chi connectivity index (χ4n) is 2.32. The molecule has 1 aliphatic rings. The van der Waals surface area contributed by atoms with E-state index in [4.69, 9.17) is 0 Å². The number of nitrogens with zero attached hydrogens (tertiary/aromatic N) is 3. The van der Waals surface area contributed by atoms with E-state index in [1.165, 1.54) is 0 Å². The summed E-state index contributed by atoms with van der Waals surface area (Å²) < 4.78 is 24.6. The van der Waals surface area contributed by atoms with Crippen LogP contribution in [0.3, 0.4) is 0 Å². The van der Waals surface area contributed by atoms with E-state index in [2.05, 4.69) is 16.6 Å². The average molecular weight is 269 g/mol. The van der Waals surface area contributed by atoms with Crippen LogP contribution in [0.5, 0.6) is 0 Å². The lowest BCUT2D eigenvalue weighted by atomic mass is 10.2. The Bertz CT molecular complexity index is 548. The lowest BCUT2D eigenvalue weighted by molar-refractivity contribution is 0.253. The van der Waals surface area contributed by atoms with Gasteiger partial charge in [-0.05, 0) is 20.4 Å². The summed E-state index contributed by atoms with van der Waals surface area (Å²) in [5.74, 6) is 0.588. The number of aromatic nitrogens is 2. The Hall–Kier alpha value is -1.14. The molecule has 1 fully saturated rings. The summed E-state index contributed by atoms with van der Waals surface area (Å²) in [5, 5.41) is 4.20. The minimum atomic E-state index is -2.82. The van der Waals surface area contributed by atoms with Crippen molar-refractivity contribution in [2.24, 2.45) is 0 Å². The van der Waals surface area contributed by atoms with E-state index in [0.717, 1.165) is 24.2 Å². The van der Waals surface area contributed by atoms with E-state index in [0.29, 0.717) is 5.75 Å². The predicted molar refractivity (Wildman–Crippen MR) is 71.9 cm³/mol. The van der Waals surface area contributed by atoms with Crippen LogP contribution >= 0.6 is 0 Å². The highest BCUT2D eigenvalue weighted by atomic mass is 32.2. The SMILES string of the molecule is C=Cn1ncc(CN(C)C2CCS(=O)(=O)C2)c1C. The summed E-state index contributed by atoms with van der Waals surface area (Å²) in [4.78, 5) is 2.10. The third-order valence-electron chi connectivity index (χ3n) is 3.57. The zero-order valence-corrected chi connectivity index (χ0v) is 11.7. The topological polar surface area (TPSA) is 55.2 Å². The Morgan fingerprint density at radius 3 is 2.89 bits per heavy atom. The highest BCUT2D eigenvalue weighted by molar-refractivity contribution is 7.91. The standard InChI is InChI=1S/C12H19N3O2S/c1-4-15-10(2)11(7-13-15)8-14(3)12-5-6-18(16,17)9-12/h4,7,12H,1,5-6,8-9H2,2-3H3. The first-order valence-corrected chi connectivity index (χ1v) is 7.81. The Kier molecular flexibility index (Phi) is 3.59. The van der Waals surface area contributed by atoms with E-state index in [-0.39, 0.29) is 11.8 Å². The first-order valence-electron chi connectivity index (χ1n) is 5.99. The molecule has 1 saturated heterocycles. The van der Waals surface area contributed by atoms with Crippen molar-refractivity contribution in [2.45, 2.75) is 25.9 Å². The van der Waals surface area contributed by atoms with Crippen LogP contribution in [0, 0.1) is 6.92 Å². The fourth-order valence-corrected chi connectivity index (χ4v) is 4.12. The molecular weight excluding hydrogens is 250 g/mol. The molecule has 0 radical (unpaired) electrons. The maximum absolute atomic E-state index is 11.5. The second-order valence-electron chi connectivity index (χ2n) is 4.85. The van der Waals surface area contributed by atoms with Crippen LogP contribution in [0.4, 0.5) is 0 Å². The van der Waals surface area contributed by atoms with E-state index in [1.54, 1.807) is 10.9 Å². The lowest BCUT2D eigenvalue weighted by Gasteiger charge is -2.22. The predicted octanol–water partition coefficient (Wildman–Crippen LogP) is 0.911. The minimum absolute atomic E-state index is 0.126. The van der Waals surface area contributed by atoms with Gasteiger partial charge in [0.1, 0.15) is 0 Å². The Balaban J connectivity index is 2.05. The van der Waals surface area contributed by atoms with E-state index in [9.17, 15) is 8.42 Å². The Labute approximate surface area is 108 Å². The third-order valence-corrected chi connectivity index (χ3v) is 5.32. The third kappa shape index (κ3) is 2.64. The van der Waals surface area contributed by atoms with Crippen molar-refractivity contribution in [1.82, 2.24) is 14.7 Å². The summed E-state index contributed by atoms with van der Waals surface area (Å²) in [5.41, 5.74) is 2.17. The first kappa shape index (κ1) is 13.3. The van der Waals surface area contributed by atoms with E-state index in [1.807, 2.05) is 20.2 Å². The molecule has 1 atom stereocenters. The van der Waals surface area contributed by atoms with Crippen molar-refractivity contribution >= 4 is 16.0 Å². The molecule has 1 unspecified atom stereocenters. The molecule has 1 aromatic heterocycles. The van der Waals surface area contributed by atoms with Gasteiger partial charge in [-0.3, -0.25) is 4.90 Å². The van der Waals surface area contributed by atoms with Crippen LogP contribution in [-0.4, -0.2) is 47.7 Å². The largest absolute Gasteiger partial charge is 0.298 e. The maximum atomic E-state index is 11.5. The van der Waals surface area contributed by atoms with Gasteiger partial charge in [-0.1, -0.05) is 6.58 Å². The summed E-state index contributed by atoms with van der Waals surface area (Å²) in [7, 11) is -0.853. The van der Waals surface area contributed by atoms with Crippen LogP contribution in [0.25, 0.3) is 6.20 Å². The first-order chi connectivity index (χ1) is 8.43. The molecule has 0 aromatic carbocycles. The molecule has 0 N–H and O–H groups in total. The summed E-state index contributed by atoms with van der Waals surface area (Å²) >= 11 is 0. The normalized spacial score (nSPS) is 22.5. The van der Waals surface area contributed by atoms with Crippen LogP contribution < -0.4 is 0 Å².